The Morgan fingerprint density at radius 3 is 2.62 bits per heavy atom. The van der Waals surface area contributed by atoms with Crippen LogP contribution in [0.4, 0.5) is 8.78 Å². The molecule has 1 N–H and O–H groups in total. The Morgan fingerprint density at radius 2 is 1.91 bits per heavy atom. The van der Waals surface area contributed by atoms with E-state index in [0.717, 1.165) is 16.5 Å². The molecule has 2 aromatic carbocycles. The standard InChI is InChI=1S/C24H24BF2N3O4/c1-23(2)24(3,4)34-25(33-23)12-8-9-14-16(10-12)30-17-11-15(20(30)28-14)29-21(31)13-6-5-7-18(19(13)17)32-22(26)27/h5-10,15,17,22H,11H2,1-4H3,(H,29,31). The molecule has 7 nitrogen and oxygen atoms in total. The summed E-state index contributed by atoms with van der Waals surface area (Å²) in [6.45, 7) is 5.00. The first-order valence-corrected chi connectivity index (χ1v) is 11.3. The summed E-state index contributed by atoms with van der Waals surface area (Å²) in [6.07, 6.45) is 0.501. The zero-order valence-corrected chi connectivity index (χ0v) is 19.3. The van der Waals surface area contributed by atoms with E-state index in [1.807, 2.05) is 50.5 Å². The molecule has 3 aliphatic rings. The van der Waals surface area contributed by atoms with Gasteiger partial charge in [-0.3, -0.25) is 4.79 Å². The molecule has 0 radical (unpaired) electrons. The highest BCUT2D eigenvalue weighted by Crippen LogP contribution is 2.47. The predicted octanol–water partition coefficient (Wildman–Crippen LogP) is 3.71. The molecule has 4 heterocycles. The number of amides is 1. The van der Waals surface area contributed by atoms with E-state index in [-0.39, 0.29) is 23.7 Å². The lowest BCUT2D eigenvalue weighted by Gasteiger charge is -2.32. The molecule has 176 valence electrons. The van der Waals surface area contributed by atoms with Gasteiger partial charge in [0.2, 0.25) is 0 Å². The minimum absolute atomic E-state index is 0.00473. The first-order chi connectivity index (χ1) is 16.1. The van der Waals surface area contributed by atoms with Crippen LogP contribution in [0.25, 0.3) is 11.0 Å². The quantitative estimate of drug-likeness (QED) is 0.595. The van der Waals surface area contributed by atoms with Crippen molar-refractivity contribution in [1.29, 1.82) is 0 Å². The van der Waals surface area contributed by atoms with Gasteiger partial charge in [-0.2, -0.15) is 8.78 Å². The number of alkyl halides is 2. The average molecular weight is 467 g/mol. The third kappa shape index (κ3) is 3.01. The molecule has 10 heteroatoms. The van der Waals surface area contributed by atoms with Crippen LogP contribution in [-0.4, -0.2) is 40.4 Å². The summed E-state index contributed by atoms with van der Waals surface area (Å²) < 4.78 is 45.7. The number of hydrogen-bond donors (Lipinski definition) is 1. The van der Waals surface area contributed by atoms with Crippen LogP contribution < -0.4 is 15.5 Å². The first kappa shape index (κ1) is 21.6. The zero-order valence-electron chi connectivity index (χ0n) is 19.3. The molecule has 34 heavy (non-hydrogen) atoms. The lowest BCUT2D eigenvalue weighted by Crippen LogP contribution is -2.41. The summed E-state index contributed by atoms with van der Waals surface area (Å²) in [7, 11) is -0.547. The van der Waals surface area contributed by atoms with E-state index in [1.165, 1.54) is 6.07 Å². The Labute approximate surface area is 195 Å². The summed E-state index contributed by atoms with van der Waals surface area (Å²) in [5.74, 6) is 0.375. The smallest absolute Gasteiger partial charge is 0.434 e. The lowest BCUT2D eigenvalue weighted by atomic mass is 9.79. The molecular formula is C24H24BF2N3O4. The molecule has 3 aromatic rings. The molecule has 0 saturated carbocycles. The van der Waals surface area contributed by atoms with E-state index in [2.05, 4.69) is 5.32 Å². The van der Waals surface area contributed by atoms with Gasteiger partial charge in [-0.25, -0.2) is 4.98 Å². The predicted molar refractivity (Wildman–Crippen MR) is 121 cm³/mol. The van der Waals surface area contributed by atoms with Gasteiger partial charge in [-0.15, -0.1) is 0 Å². The fourth-order valence-electron chi connectivity index (χ4n) is 5.15. The van der Waals surface area contributed by atoms with E-state index in [0.29, 0.717) is 23.4 Å². The molecule has 3 aliphatic heterocycles. The SMILES string of the molecule is CC1(C)OB(c2ccc3nc4n(c3c2)C2CC4NC(=O)c3cccc(OC(F)F)c32)OC1(C)C. The van der Waals surface area contributed by atoms with Gasteiger partial charge in [0.1, 0.15) is 11.6 Å². The molecule has 2 bridgehead atoms. The number of carbonyl (C=O) groups is 1. The van der Waals surface area contributed by atoms with Gasteiger partial charge in [0.15, 0.2) is 0 Å². The summed E-state index contributed by atoms with van der Waals surface area (Å²) >= 11 is 0. The van der Waals surface area contributed by atoms with Gasteiger partial charge >= 0.3 is 13.7 Å². The number of rotatable bonds is 3. The van der Waals surface area contributed by atoms with Gasteiger partial charge in [-0.05, 0) is 63.8 Å². The van der Waals surface area contributed by atoms with E-state index in [4.69, 9.17) is 19.0 Å². The second kappa shape index (κ2) is 7.02. The first-order valence-electron chi connectivity index (χ1n) is 11.3. The molecule has 1 amide bonds. The summed E-state index contributed by atoms with van der Waals surface area (Å²) in [5, 5.41) is 3.00. The Morgan fingerprint density at radius 1 is 1.18 bits per heavy atom. The second-order valence-corrected chi connectivity index (χ2v) is 10.0. The molecule has 2 atom stereocenters. The van der Waals surface area contributed by atoms with Crippen molar-refractivity contribution >= 4 is 29.5 Å². The van der Waals surface area contributed by atoms with E-state index >= 15 is 0 Å². The third-order valence-electron chi connectivity index (χ3n) is 7.51. The average Bonchev–Trinajstić information content (AvgIpc) is 3.32. The number of nitrogens with zero attached hydrogens (tertiary/aromatic N) is 2. The van der Waals surface area contributed by atoms with Crippen LogP contribution in [0.2, 0.25) is 0 Å². The van der Waals surface area contributed by atoms with Gasteiger partial charge < -0.3 is 23.9 Å². The van der Waals surface area contributed by atoms with Crippen molar-refractivity contribution in [2.24, 2.45) is 0 Å². The summed E-state index contributed by atoms with van der Waals surface area (Å²) in [6, 6.07) is 9.75. The maximum atomic E-state index is 13.2. The van der Waals surface area contributed by atoms with Crippen molar-refractivity contribution in [1.82, 2.24) is 14.9 Å². The van der Waals surface area contributed by atoms with Gasteiger partial charge in [0.25, 0.3) is 5.91 Å². The van der Waals surface area contributed by atoms with Crippen molar-refractivity contribution in [3.8, 4) is 5.75 Å². The van der Waals surface area contributed by atoms with Crippen molar-refractivity contribution in [2.75, 3.05) is 0 Å². The van der Waals surface area contributed by atoms with Crippen LogP contribution in [0.1, 0.15) is 67.9 Å². The Bertz CT molecular complexity index is 1320. The number of fused-ring (bicyclic) bond motifs is 9. The van der Waals surface area contributed by atoms with Crippen LogP contribution in [0.15, 0.2) is 36.4 Å². The van der Waals surface area contributed by atoms with Crippen molar-refractivity contribution < 1.29 is 27.6 Å². The van der Waals surface area contributed by atoms with E-state index < -0.39 is 24.9 Å². The third-order valence-corrected chi connectivity index (χ3v) is 7.51. The summed E-state index contributed by atoms with van der Waals surface area (Å²) in [5.41, 5.74) is 2.23. The van der Waals surface area contributed by atoms with Crippen molar-refractivity contribution in [2.45, 2.75) is 64.0 Å². The molecule has 2 unspecified atom stereocenters. The maximum absolute atomic E-state index is 13.2. The largest absolute Gasteiger partial charge is 0.494 e. The number of imidazole rings is 1. The number of hydrogen-bond acceptors (Lipinski definition) is 5. The Hall–Kier alpha value is -2.98. The molecule has 0 spiro atoms. The van der Waals surface area contributed by atoms with Crippen LogP contribution >= 0.6 is 0 Å². The molecule has 1 fully saturated rings. The minimum atomic E-state index is -3.00. The number of benzene rings is 2. The second-order valence-electron chi connectivity index (χ2n) is 10.0. The number of nitrogens with one attached hydrogen (secondary N) is 1. The highest BCUT2D eigenvalue weighted by Gasteiger charge is 2.52. The van der Waals surface area contributed by atoms with Crippen LogP contribution in [-0.2, 0) is 9.31 Å². The topological polar surface area (TPSA) is 74.6 Å². The van der Waals surface area contributed by atoms with Crippen LogP contribution in [0.3, 0.4) is 0 Å². The van der Waals surface area contributed by atoms with Crippen LogP contribution in [0, 0.1) is 0 Å². The lowest BCUT2D eigenvalue weighted by molar-refractivity contribution is -0.0507. The molecular weight excluding hydrogens is 443 g/mol. The number of ether oxygens (including phenoxy) is 1. The fourth-order valence-corrected chi connectivity index (χ4v) is 5.15. The normalized spacial score (nSPS) is 24.2. The Kier molecular flexibility index (Phi) is 4.45. The number of halogens is 2. The molecule has 0 aliphatic carbocycles. The van der Waals surface area contributed by atoms with Gasteiger partial charge in [0.05, 0.1) is 34.3 Å². The highest BCUT2D eigenvalue weighted by molar-refractivity contribution is 6.62. The summed E-state index contributed by atoms with van der Waals surface area (Å²) in [4.78, 5) is 17.7. The minimum Gasteiger partial charge on any atom is -0.434 e. The molecule has 1 aromatic heterocycles. The van der Waals surface area contributed by atoms with Gasteiger partial charge in [-0.1, -0.05) is 12.1 Å². The fraction of sp³-hybridized carbons (Fsp3) is 0.417. The molecule has 6 rings (SSSR count). The van der Waals surface area contributed by atoms with E-state index in [9.17, 15) is 13.6 Å². The maximum Gasteiger partial charge on any atom is 0.494 e. The molecule has 1 saturated heterocycles. The number of aromatic nitrogens is 2. The Balaban J connectivity index is 1.50. The van der Waals surface area contributed by atoms with E-state index in [1.54, 1.807) is 12.1 Å². The van der Waals surface area contributed by atoms with Crippen molar-refractivity contribution in [3.05, 3.63) is 53.3 Å². The van der Waals surface area contributed by atoms with Crippen molar-refractivity contribution in [3.63, 3.8) is 0 Å². The number of carbonyl (C=O) groups excluding carboxylic acids is 1. The monoisotopic (exact) mass is 467 g/mol. The van der Waals surface area contributed by atoms with Crippen LogP contribution in [0.5, 0.6) is 5.75 Å². The zero-order chi connectivity index (χ0) is 24.0. The van der Waals surface area contributed by atoms with Gasteiger partial charge in [0, 0.05) is 11.1 Å². The highest BCUT2D eigenvalue weighted by atomic mass is 19.3.